The highest BCUT2D eigenvalue weighted by Crippen LogP contribution is 2.36. The van der Waals surface area contributed by atoms with E-state index in [0.29, 0.717) is 0 Å². The van der Waals surface area contributed by atoms with Gasteiger partial charge in [-0.1, -0.05) is 22.7 Å². The first-order chi connectivity index (χ1) is 10.8. The van der Waals surface area contributed by atoms with Crippen LogP contribution in [0.1, 0.15) is 35.4 Å². The van der Waals surface area contributed by atoms with E-state index in [4.69, 9.17) is 9.47 Å². The fraction of sp³-hybridized carbons (Fsp3) is 0.333. The third kappa shape index (κ3) is 3.62. The van der Waals surface area contributed by atoms with E-state index in [1.165, 1.54) is 33.7 Å². The summed E-state index contributed by atoms with van der Waals surface area (Å²) in [4.78, 5) is 2.53. The summed E-state index contributed by atoms with van der Waals surface area (Å²) in [5.41, 5.74) is 2.92. The van der Waals surface area contributed by atoms with E-state index in [2.05, 4.69) is 24.3 Å². The minimum Gasteiger partial charge on any atom is -0.487 e. The van der Waals surface area contributed by atoms with E-state index in [1.807, 2.05) is 12.1 Å². The SMILES string of the molecule is COc1ccc(C=C2CCCCC2=Cc2ccc(OC)s2)s1. The lowest BCUT2D eigenvalue weighted by Gasteiger charge is -2.18. The standard InChI is InChI=1S/C18H20O2S2/c1-19-17-9-7-15(21-17)11-13-5-3-4-6-14(13)12-16-8-10-18(20-2)22-16/h7-12H,3-6H2,1-2H3. The van der Waals surface area contributed by atoms with Crippen LogP contribution in [0, 0.1) is 0 Å². The van der Waals surface area contributed by atoms with Crippen molar-refractivity contribution in [2.24, 2.45) is 0 Å². The van der Waals surface area contributed by atoms with E-state index in [1.54, 1.807) is 36.9 Å². The second-order valence-corrected chi connectivity index (χ2v) is 7.42. The van der Waals surface area contributed by atoms with Crippen LogP contribution in [0.5, 0.6) is 10.1 Å². The molecule has 4 heteroatoms. The lowest BCUT2D eigenvalue weighted by molar-refractivity contribution is 0.427. The Morgan fingerprint density at radius 1 is 0.773 bits per heavy atom. The van der Waals surface area contributed by atoms with Gasteiger partial charge >= 0.3 is 0 Å². The van der Waals surface area contributed by atoms with Crippen molar-refractivity contribution in [2.75, 3.05) is 14.2 Å². The zero-order valence-corrected chi connectivity index (χ0v) is 14.6. The maximum absolute atomic E-state index is 5.28. The molecule has 0 spiro atoms. The molecule has 0 unspecified atom stereocenters. The number of hydrogen-bond donors (Lipinski definition) is 0. The van der Waals surface area contributed by atoms with Crippen molar-refractivity contribution in [2.45, 2.75) is 25.7 Å². The van der Waals surface area contributed by atoms with Crippen LogP contribution in [0.2, 0.25) is 0 Å². The van der Waals surface area contributed by atoms with Crippen molar-refractivity contribution >= 4 is 34.8 Å². The molecule has 0 amide bonds. The van der Waals surface area contributed by atoms with Crippen LogP contribution in [-0.4, -0.2) is 14.2 Å². The molecule has 0 atom stereocenters. The van der Waals surface area contributed by atoms with E-state index in [0.717, 1.165) is 23.0 Å². The number of hydrogen-bond acceptors (Lipinski definition) is 4. The first-order valence-corrected chi connectivity index (χ1v) is 9.11. The normalized spacial score (nSPS) is 18.8. The Kier molecular flexibility index (Phi) is 5.01. The molecule has 2 aromatic rings. The average molecular weight is 332 g/mol. The summed E-state index contributed by atoms with van der Waals surface area (Å²) >= 11 is 3.40. The quantitative estimate of drug-likeness (QED) is 0.697. The zero-order chi connectivity index (χ0) is 15.4. The molecule has 116 valence electrons. The predicted molar refractivity (Wildman–Crippen MR) is 96.2 cm³/mol. The van der Waals surface area contributed by atoms with E-state index in [-0.39, 0.29) is 0 Å². The molecule has 0 aliphatic heterocycles. The van der Waals surface area contributed by atoms with Crippen LogP contribution >= 0.6 is 22.7 Å². The Hall–Kier alpha value is -1.52. The highest BCUT2D eigenvalue weighted by molar-refractivity contribution is 7.15. The summed E-state index contributed by atoms with van der Waals surface area (Å²) in [6, 6.07) is 8.34. The number of ether oxygens (including phenoxy) is 2. The number of rotatable bonds is 4. The lowest BCUT2D eigenvalue weighted by atomic mass is 9.88. The first-order valence-electron chi connectivity index (χ1n) is 7.47. The van der Waals surface area contributed by atoms with Gasteiger partial charge in [0.05, 0.1) is 14.2 Å². The van der Waals surface area contributed by atoms with Gasteiger partial charge in [-0.3, -0.25) is 0 Å². The third-order valence-electron chi connectivity index (χ3n) is 3.79. The third-order valence-corrected chi connectivity index (χ3v) is 5.78. The lowest BCUT2D eigenvalue weighted by Crippen LogP contribution is -1.98. The Morgan fingerprint density at radius 3 is 1.59 bits per heavy atom. The van der Waals surface area contributed by atoms with Crippen molar-refractivity contribution in [1.82, 2.24) is 0 Å². The van der Waals surface area contributed by atoms with Gasteiger partial charge in [-0.2, -0.15) is 0 Å². The van der Waals surface area contributed by atoms with Gasteiger partial charge in [0.1, 0.15) is 0 Å². The second-order valence-electron chi connectivity index (χ2n) is 5.27. The Morgan fingerprint density at radius 2 is 1.23 bits per heavy atom. The number of thiophene rings is 2. The van der Waals surface area contributed by atoms with Crippen LogP contribution in [0.3, 0.4) is 0 Å². The fourth-order valence-corrected chi connectivity index (χ4v) is 4.25. The van der Waals surface area contributed by atoms with Crippen LogP contribution in [0.25, 0.3) is 12.2 Å². The number of allylic oxidation sites excluding steroid dienone is 2. The largest absolute Gasteiger partial charge is 0.487 e. The molecule has 22 heavy (non-hydrogen) atoms. The fourth-order valence-electron chi connectivity index (χ4n) is 2.67. The van der Waals surface area contributed by atoms with Gasteiger partial charge in [0.15, 0.2) is 10.1 Å². The van der Waals surface area contributed by atoms with E-state index < -0.39 is 0 Å². The van der Waals surface area contributed by atoms with Crippen molar-refractivity contribution < 1.29 is 9.47 Å². The maximum atomic E-state index is 5.28. The molecule has 1 aliphatic rings. The van der Waals surface area contributed by atoms with E-state index in [9.17, 15) is 0 Å². The molecule has 1 aliphatic carbocycles. The zero-order valence-electron chi connectivity index (χ0n) is 12.9. The molecule has 0 N–H and O–H groups in total. The molecule has 1 fully saturated rings. The number of methoxy groups -OCH3 is 2. The molecule has 0 radical (unpaired) electrons. The molecular weight excluding hydrogens is 312 g/mol. The van der Waals surface area contributed by atoms with Gasteiger partial charge in [-0.05, 0) is 73.2 Å². The minimum atomic E-state index is 0.969. The molecule has 1 saturated carbocycles. The molecule has 2 aromatic heterocycles. The molecule has 0 saturated heterocycles. The smallest absolute Gasteiger partial charge is 0.173 e. The molecule has 3 rings (SSSR count). The highest BCUT2D eigenvalue weighted by Gasteiger charge is 2.13. The Bertz CT molecular complexity index is 631. The Balaban J connectivity index is 1.87. The predicted octanol–water partition coefficient (Wildman–Crippen LogP) is 5.87. The summed E-state index contributed by atoms with van der Waals surface area (Å²) in [5, 5.41) is 1.94. The van der Waals surface area contributed by atoms with Gasteiger partial charge < -0.3 is 9.47 Å². The summed E-state index contributed by atoms with van der Waals surface area (Å²) in [7, 11) is 3.44. The van der Waals surface area contributed by atoms with Gasteiger partial charge in [0, 0.05) is 9.75 Å². The summed E-state index contributed by atoms with van der Waals surface area (Å²) < 4.78 is 10.6. The molecular formula is C18H20O2S2. The van der Waals surface area contributed by atoms with Crippen LogP contribution in [0.4, 0.5) is 0 Å². The van der Waals surface area contributed by atoms with Crippen molar-refractivity contribution in [3.63, 3.8) is 0 Å². The van der Waals surface area contributed by atoms with Crippen molar-refractivity contribution in [3.8, 4) is 10.1 Å². The average Bonchev–Trinajstić information content (AvgIpc) is 3.18. The minimum absolute atomic E-state index is 0.969. The molecule has 0 bridgehead atoms. The molecule has 2 heterocycles. The second kappa shape index (κ2) is 7.16. The van der Waals surface area contributed by atoms with E-state index >= 15 is 0 Å². The van der Waals surface area contributed by atoms with Crippen molar-refractivity contribution in [3.05, 3.63) is 45.2 Å². The highest BCUT2D eigenvalue weighted by atomic mass is 32.1. The Labute approximate surface area is 139 Å². The van der Waals surface area contributed by atoms with Gasteiger partial charge in [-0.25, -0.2) is 0 Å². The van der Waals surface area contributed by atoms with Gasteiger partial charge in [0.25, 0.3) is 0 Å². The topological polar surface area (TPSA) is 18.5 Å². The molecule has 0 aromatic carbocycles. The van der Waals surface area contributed by atoms with Crippen LogP contribution < -0.4 is 9.47 Å². The first kappa shape index (κ1) is 15.4. The molecule has 2 nitrogen and oxygen atoms in total. The van der Waals surface area contributed by atoms with Gasteiger partial charge in [0.2, 0.25) is 0 Å². The van der Waals surface area contributed by atoms with Crippen LogP contribution in [-0.2, 0) is 0 Å². The maximum Gasteiger partial charge on any atom is 0.173 e. The summed E-state index contributed by atoms with van der Waals surface area (Å²) in [6.45, 7) is 0. The van der Waals surface area contributed by atoms with Gasteiger partial charge in [-0.15, -0.1) is 0 Å². The summed E-state index contributed by atoms with van der Waals surface area (Å²) in [5.74, 6) is 0. The van der Waals surface area contributed by atoms with Crippen molar-refractivity contribution in [1.29, 1.82) is 0 Å². The van der Waals surface area contributed by atoms with Crippen LogP contribution in [0.15, 0.2) is 35.4 Å². The summed E-state index contributed by atoms with van der Waals surface area (Å²) in [6.07, 6.45) is 9.52. The monoisotopic (exact) mass is 332 g/mol.